The molecule has 0 saturated heterocycles. The summed E-state index contributed by atoms with van der Waals surface area (Å²) in [5.74, 6) is 0.447. The van der Waals surface area contributed by atoms with Gasteiger partial charge in [-0.05, 0) is 69.7 Å². The number of nitrogens with zero attached hydrogens (tertiary/aromatic N) is 1. The maximum Gasteiger partial charge on any atom is 0.414 e. The summed E-state index contributed by atoms with van der Waals surface area (Å²) in [5, 5.41) is 0. The Kier molecular flexibility index (Phi) is 4.64. The van der Waals surface area contributed by atoms with E-state index in [2.05, 4.69) is 45.0 Å². The molecule has 0 bridgehead atoms. The van der Waals surface area contributed by atoms with Gasteiger partial charge in [0.25, 0.3) is 0 Å². The zero-order valence-corrected chi connectivity index (χ0v) is 14.6. The van der Waals surface area contributed by atoms with Gasteiger partial charge in [-0.2, -0.15) is 0 Å². The molecule has 1 aromatic carbocycles. The first kappa shape index (κ1) is 16.6. The largest absolute Gasteiger partial charge is 0.443 e. The van der Waals surface area contributed by atoms with Crippen molar-refractivity contribution in [3.8, 4) is 0 Å². The van der Waals surface area contributed by atoms with Crippen LogP contribution in [0, 0.1) is 19.8 Å². The van der Waals surface area contributed by atoms with Crippen LogP contribution in [0.3, 0.4) is 0 Å². The number of hydrogen-bond donors (Lipinski definition) is 0. The molecule has 120 valence electrons. The second-order valence-corrected chi connectivity index (χ2v) is 7.32. The molecule has 0 fully saturated rings. The van der Waals surface area contributed by atoms with Gasteiger partial charge in [0.15, 0.2) is 0 Å². The summed E-state index contributed by atoms with van der Waals surface area (Å²) in [6.07, 6.45) is 2.88. The molecule has 2 rings (SSSR count). The van der Waals surface area contributed by atoms with Crippen LogP contribution in [-0.2, 0) is 4.74 Å². The molecule has 0 N–H and O–H groups in total. The highest BCUT2D eigenvalue weighted by molar-refractivity contribution is 5.83. The number of aryl methyl sites for hydroxylation is 2. The van der Waals surface area contributed by atoms with Crippen molar-refractivity contribution < 1.29 is 9.53 Å². The van der Waals surface area contributed by atoms with Crippen LogP contribution in [0.1, 0.15) is 50.8 Å². The molecule has 1 aliphatic rings. The Morgan fingerprint density at radius 1 is 1.23 bits per heavy atom. The minimum atomic E-state index is -0.480. The second-order valence-electron chi connectivity index (χ2n) is 7.32. The van der Waals surface area contributed by atoms with Crippen LogP contribution < -0.4 is 0 Å². The molecule has 1 amide bonds. The molecule has 1 unspecified atom stereocenters. The smallest absolute Gasteiger partial charge is 0.414 e. The van der Waals surface area contributed by atoms with Gasteiger partial charge in [-0.3, -0.25) is 4.90 Å². The lowest BCUT2D eigenvalue weighted by atomic mass is 9.96. The third kappa shape index (κ3) is 3.90. The lowest BCUT2D eigenvalue weighted by molar-refractivity contribution is 0.0327. The van der Waals surface area contributed by atoms with Gasteiger partial charge in [-0.15, -0.1) is 0 Å². The average Bonchev–Trinajstić information content (AvgIpc) is 2.40. The van der Waals surface area contributed by atoms with Gasteiger partial charge in [0.05, 0.1) is 5.70 Å². The Morgan fingerprint density at radius 2 is 1.91 bits per heavy atom. The summed E-state index contributed by atoms with van der Waals surface area (Å²) in [5.41, 5.74) is 4.07. The minimum absolute atomic E-state index is 0.261. The maximum atomic E-state index is 12.6. The molecule has 0 spiro atoms. The van der Waals surface area contributed by atoms with E-state index in [0.717, 1.165) is 17.7 Å². The summed E-state index contributed by atoms with van der Waals surface area (Å²) >= 11 is 0. The van der Waals surface area contributed by atoms with E-state index in [1.54, 1.807) is 4.90 Å². The Balaban J connectivity index is 2.33. The monoisotopic (exact) mass is 301 g/mol. The van der Waals surface area contributed by atoms with Crippen molar-refractivity contribution >= 4 is 11.8 Å². The van der Waals surface area contributed by atoms with Crippen LogP contribution >= 0.6 is 0 Å². The maximum absolute atomic E-state index is 12.6. The fraction of sp³-hybridized carbons (Fsp3) is 0.526. The van der Waals surface area contributed by atoms with Gasteiger partial charge in [0, 0.05) is 6.54 Å². The zero-order valence-electron chi connectivity index (χ0n) is 14.6. The first-order chi connectivity index (χ1) is 10.2. The predicted octanol–water partition coefficient (Wildman–Crippen LogP) is 4.92. The molecule has 22 heavy (non-hydrogen) atoms. The van der Waals surface area contributed by atoms with E-state index in [0.29, 0.717) is 12.5 Å². The number of benzene rings is 1. The molecule has 1 aromatic rings. The summed E-state index contributed by atoms with van der Waals surface area (Å²) in [7, 11) is 0. The number of carbonyl (C=O) groups is 1. The highest BCUT2D eigenvalue weighted by Gasteiger charge is 2.29. The summed E-state index contributed by atoms with van der Waals surface area (Å²) in [4.78, 5) is 14.3. The quantitative estimate of drug-likeness (QED) is 0.736. The van der Waals surface area contributed by atoms with Crippen LogP contribution in [0.15, 0.2) is 24.3 Å². The Bertz CT molecular complexity index is 596. The summed E-state index contributed by atoms with van der Waals surface area (Å²) < 4.78 is 5.58. The molecule has 1 aliphatic heterocycles. The third-order valence-corrected chi connectivity index (χ3v) is 3.92. The molecule has 3 nitrogen and oxygen atoms in total. The topological polar surface area (TPSA) is 29.5 Å². The van der Waals surface area contributed by atoms with Crippen LogP contribution in [0.2, 0.25) is 0 Å². The van der Waals surface area contributed by atoms with Crippen molar-refractivity contribution in [1.29, 1.82) is 0 Å². The molecule has 0 aromatic heterocycles. The molecule has 3 heteroatoms. The van der Waals surface area contributed by atoms with E-state index >= 15 is 0 Å². The molecule has 0 radical (unpaired) electrons. The molecule has 1 heterocycles. The van der Waals surface area contributed by atoms with Crippen molar-refractivity contribution in [2.75, 3.05) is 6.54 Å². The highest BCUT2D eigenvalue weighted by Crippen LogP contribution is 2.30. The first-order valence-electron chi connectivity index (χ1n) is 7.95. The van der Waals surface area contributed by atoms with E-state index in [-0.39, 0.29) is 6.09 Å². The van der Waals surface area contributed by atoms with Crippen molar-refractivity contribution in [3.05, 3.63) is 41.0 Å². The lowest BCUT2D eigenvalue weighted by Crippen LogP contribution is -2.39. The lowest BCUT2D eigenvalue weighted by Gasteiger charge is -2.34. The van der Waals surface area contributed by atoms with Crippen LogP contribution in [0.4, 0.5) is 4.79 Å². The van der Waals surface area contributed by atoms with Crippen LogP contribution in [0.25, 0.3) is 5.70 Å². The van der Waals surface area contributed by atoms with Gasteiger partial charge in [0.2, 0.25) is 0 Å². The van der Waals surface area contributed by atoms with E-state index in [9.17, 15) is 4.79 Å². The molecular weight excluding hydrogens is 274 g/mol. The van der Waals surface area contributed by atoms with Gasteiger partial charge >= 0.3 is 6.09 Å². The van der Waals surface area contributed by atoms with Gasteiger partial charge in [-0.1, -0.05) is 25.1 Å². The number of ether oxygens (including phenoxy) is 1. The van der Waals surface area contributed by atoms with Gasteiger partial charge in [0.1, 0.15) is 5.60 Å². The minimum Gasteiger partial charge on any atom is -0.443 e. The predicted molar refractivity (Wildman–Crippen MR) is 90.6 cm³/mol. The van der Waals surface area contributed by atoms with E-state index in [4.69, 9.17) is 4.74 Å². The molecular formula is C19H27NO2. The summed E-state index contributed by atoms with van der Waals surface area (Å²) in [6.45, 7) is 12.8. The van der Waals surface area contributed by atoms with E-state index < -0.39 is 5.60 Å². The fourth-order valence-corrected chi connectivity index (χ4v) is 2.57. The third-order valence-electron chi connectivity index (χ3n) is 3.92. The number of allylic oxidation sites excluding steroid dienone is 1. The Morgan fingerprint density at radius 3 is 2.50 bits per heavy atom. The summed E-state index contributed by atoms with van der Waals surface area (Å²) in [6, 6.07) is 6.34. The highest BCUT2D eigenvalue weighted by atomic mass is 16.6. The SMILES string of the molecule is Cc1ccc(C2=CCC(C)CN2C(=O)OC(C)(C)C)cc1C. The van der Waals surface area contributed by atoms with Crippen molar-refractivity contribution in [3.63, 3.8) is 0 Å². The first-order valence-corrected chi connectivity index (χ1v) is 7.95. The molecule has 1 atom stereocenters. The fourth-order valence-electron chi connectivity index (χ4n) is 2.57. The average molecular weight is 301 g/mol. The van der Waals surface area contributed by atoms with Crippen molar-refractivity contribution in [2.45, 2.75) is 53.6 Å². The normalized spacial score (nSPS) is 18.9. The Labute approximate surface area is 134 Å². The number of carbonyl (C=O) groups excluding carboxylic acids is 1. The van der Waals surface area contributed by atoms with Gasteiger partial charge in [-0.25, -0.2) is 4.79 Å². The number of amides is 1. The van der Waals surface area contributed by atoms with E-state index in [1.807, 2.05) is 20.8 Å². The van der Waals surface area contributed by atoms with Crippen LogP contribution in [-0.4, -0.2) is 23.1 Å². The molecule has 0 saturated carbocycles. The molecule has 0 aliphatic carbocycles. The standard InChI is InChI=1S/C19H27NO2/c1-13-7-10-17(16-9-8-14(2)15(3)11-16)20(12-13)18(21)22-19(4,5)6/h8-11,13H,7,12H2,1-6H3. The number of rotatable bonds is 1. The van der Waals surface area contributed by atoms with Crippen LogP contribution in [0.5, 0.6) is 0 Å². The van der Waals surface area contributed by atoms with Crippen molar-refractivity contribution in [2.24, 2.45) is 5.92 Å². The number of hydrogen-bond acceptors (Lipinski definition) is 2. The Hall–Kier alpha value is -1.77. The zero-order chi connectivity index (χ0) is 16.5. The van der Waals surface area contributed by atoms with Gasteiger partial charge < -0.3 is 4.74 Å². The van der Waals surface area contributed by atoms with E-state index in [1.165, 1.54) is 11.1 Å². The second kappa shape index (κ2) is 6.15. The van der Waals surface area contributed by atoms with Crippen molar-refractivity contribution in [1.82, 2.24) is 4.90 Å².